The molecule has 23 heavy (non-hydrogen) atoms. The molecule has 1 fully saturated rings. The number of ether oxygens (including phenoxy) is 2. The van der Waals surface area contributed by atoms with Gasteiger partial charge >= 0.3 is 12.1 Å². The lowest BCUT2D eigenvalue weighted by molar-refractivity contribution is -0.145. The van der Waals surface area contributed by atoms with Gasteiger partial charge in [-0.3, -0.25) is 4.90 Å². The number of aliphatic carboxylic acids is 1. The number of carbonyl (C=O) groups excluding carboxylic acids is 1. The first-order valence-corrected chi connectivity index (χ1v) is 7.43. The van der Waals surface area contributed by atoms with Crippen molar-refractivity contribution in [2.45, 2.75) is 44.8 Å². The summed E-state index contributed by atoms with van der Waals surface area (Å²) in [6.45, 7) is 3.57. The van der Waals surface area contributed by atoms with Gasteiger partial charge in [-0.05, 0) is 19.4 Å². The highest BCUT2D eigenvalue weighted by molar-refractivity contribution is 5.81. The molecule has 0 spiro atoms. The molecule has 1 aliphatic heterocycles. The van der Waals surface area contributed by atoms with Crippen LogP contribution >= 0.6 is 0 Å². The van der Waals surface area contributed by atoms with Crippen molar-refractivity contribution in [3.8, 4) is 0 Å². The zero-order chi connectivity index (χ0) is 17.0. The van der Waals surface area contributed by atoms with E-state index in [-0.39, 0.29) is 19.3 Å². The van der Waals surface area contributed by atoms with Crippen molar-refractivity contribution < 1.29 is 29.3 Å². The summed E-state index contributed by atoms with van der Waals surface area (Å²) in [5.41, 5.74) is 0.794. The molecular weight excluding hydrogens is 302 g/mol. The number of benzene rings is 1. The molecule has 1 amide bonds. The zero-order valence-electron chi connectivity index (χ0n) is 13.1. The summed E-state index contributed by atoms with van der Waals surface area (Å²) in [4.78, 5) is 24.6. The number of aliphatic hydroxyl groups is 1. The Balaban J connectivity index is 2.03. The summed E-state index contributed by atoms with van der Waals surface area (Å²) in [7, 11) is 0. The van der Waals surface area contributed by atoms with Gasteiger partial charge in [-0.1, -0.05) is 30.3 Å². The van der Waals surface area contributed by atoms with Gasteiger partial charge in [0.15, 0.2) is 6.04 Å². The van der Waals surface area contributed by atoms with Crippen LogP contribution in [0.2, 0.25) is 0 Å². The van der Waals surface area contributed by atoms with Gasteiger partial charge in [0.2, 0.25) is 0 Å². The van der Waals surface area contributed by atoms with Gasteiger partial charge in [0.25, 0.3) is 0 Å². The second-order valence-corrected chi connectivity index (χ2v) is 5.69. The topological polar surface area (TPSA) is 96.3 Å². The fraction of sp³-hybridized carbons (Fsp3) is 0.500. The van der Waals surface area contributed by atoms with Crippen LogP contribution in [0.15, 0.2) is 30.3 Å². The average Bonchev–Trinajstić information content (AvgIpc) is 2.82. The Kier molecular flexibility index (Phi) is 5.57. The zero-order valence-corrected chi connectivity index (χ0v) is 13.1. The summed E-state index contributed by atoms with van der Waals surface area (Å²) in [6, 6.07) is 7.69. The third-order valence-electron chi connectivity index (χ3n) is 3.56. The van der Waals surface area contributed by atoms with Crippen molar-refractivity contribution in [1.29, 1.82) is 0 Å². The molecule has 1 heterocycles. The number of carboxylic acid groups (broad SMARTS) is 1. The SMILES string of the molecule is CC(C)O[C@@H]1CN(C(=O)OCc2ccccc2)[C@H](C(=O)O)[C@@H]1O. The molecule has 1 aromatic rings. The Morgan fingerprint density at radius 1 is 1.30 bits per heavy atom. The minimum atomic E-state index is -1.37. The number of nitrogens with zero attached hydrogens (tertiary/aromatic N) is 1. The average molecular weight is 323 g/mol. The number of aliphatic hydroxyl groups excluding tert-OH is 1. The molecule has 1 saturated heterocycles. The van der Waals surface area contributed by atoms with E-state index in [9.17, 15) is 19.8 Å². The number of carboxylic acids is 1. The van der Waals surface area contributed by atoms with Crippen molar-refractivity contribution >= 4 is 12.1 Å². The minimum absolute atomic E-state index is 0.0239. The molecule has 1 aromatic carbocycles. The van der Waals surface area contributed by atoms with Crippen LogP contribution in [-0.4, -0.2) is 58.1 Å². The van der Waals surface area contributed by atoms with E-state index >= 15 is 0 Å². The van der Waals surface area contributed by atoms with E-state index in [2.05, 4.69) is 0 Å². The second-order valence-electron chi connectivity index (χ2n) is 5.69. The van der Waals surface area contributed by atoms with Crippen molar-refractivity contribution in [2.75, 3.05) is 6.54 Å². The Morgan fingerprint density at radius 2 is 1.96 bits per heavy atom. The van der Waals surface area contributed by atoms with Crippen LogP contribution in [0, 0.1) is 0 Å². The predicted octanol–water partition coefficient (Wildman–Crippen LogP) is 1.25. The van der Waals surface area contributed by atoms with Crippen LogP contribution in [0.25, 0.3) is 0 Å². The van der Waals surface area contributed by atoms with Crippen molar-refractivity contribution in [1.82, 2.24) is 4.90 Å². The maximum absolute atomic E-state index is 12.2. The summed E-state index contributed by atoms with van der Waals surface area (Å²) in [5, 5.41) is 19.4. The van der Waals surface area contributed by atoms with Gasteiger partial charge in [0.1, 0.15) is 18.8 Å². The first kappa shape index (κ1) is 17.2. The van der Waals surface area contributed by atoms with E-state index in [1.807, 2.05) is 18.2 Å². The first-order valence-electron chi connectivity index (χ1n) is 7.43. The van der Waals surface area contributed by atoms with Gasteiger partial charge < -0.3 is 19.7 Å². The summed E-state index contributed by atoms with van der Waals surface area (Å²) in [6.07, 6.45) is -3.01. The van der Waals surface area contributed by atoms with Crippen LogP contribution < -0.4 is 0 Å². The van der Waals surface area contributed by atoms with E-state index in [0.717, 1.165) is 10.5 Å². The molecule has 0 unspecified atom stereocenters. The number of carbonyl (C=O) groups is 2. The van der Waals surface area contributed by atoms with Crippen molar-refractivity contribution in [3.05, 3.63) is 35.9 Å². The molecule has 2 rings (SSSR count). The molecule has 7 heteroatoms. The molecule has 0 radical (unpaired) electrons. The Hall–Kier alpha value is -2.12. The van der Waals surface area contributed by atoms with Crippen LogP contribution in [0.5, 0.6) is 0 Å². The van der Waals surface area contributed by atoms with E-state index in [4.69, 9.17) is 9.47 Å². The predicted molar refractivity (Wildman–Crippen MR) is 80.8 cm³/mol. The molecule has 2 N–H and O–H groups in total. The standard InChI is InChI=1S/C16H21NO6/c1-10(2)23-12-8-17(13(14(12)18)15(19)20)16(21)22-9-11-6-4-3-5-7-11/h3-7,10,12-14,18H,8-9H2,1-2H3,(H,19,20)/t12-,13+,14-/m1/s1. The number of hydrogen-bond acceptors (Lipinski definition) is 5. The van der Waals surface area contributed by atoms with E-state index in [0.29, 0.717) is 0 Å². The van der Waals surface area contributed by atoms with Crippen LogP contribution in [0.1, 0.15) is 19.4 Å². The molecule has 0 aromatic heterocycles. The number of likely N-dealkylation sites (tertiary alicyclic amines) is 1. The maximum atomic E-state index is 12.2. The normalized spacial score (nSPS) is 24.0. The molecule has 0 bridgehead atoms. The number of hydrogen-bond donors (Lipinski definition) is 2. The quantitative estimate of drug-likeness (QED) is 0.846. The second kappa shape index (κ2) is 7.43. The molecule has 3 atom stereocenters. The van der Waals surface area contributed by atoms with Gasteiger partial charge in [0, 0.05) is 0 Å². The highest BCUT2D eigenvalue weighted by Gasteiger charge is 2.49. The first-order chi connectivity index (χ1) is 10.9. The van der Waals surface area contributed by atoms with E-state index in [1.54, 1.807) is 26.0 Å². The molecular formula is C16H21NO6. The van der Waals surface area contributed by atoms with Gasteiger partial charge in [-0.15, -0.1) is 0 Å². The van der Waals surface area contributed by atoms with Crippen LogP contribution in [0.3, 0.4) is 0 Å². The number of amides is 1. The highest BCUT2D eigenvalue weighted by atomic mass is 16.6. The van der Waals surface area contributed by atoms with Crippen LogP contribution in [-0.2, 0) is 20.9 Å². The number of rotatable bonds is 5. The molecule has 0 saturated carbocycles. The van der Waals surface area contributed by atoms with E-state index < -0.39 is 30.3 Å². The molecule has 1 aliphatic rings. The fourth-order valence-electron chi connectivity index (χ4n) is 2.55. The highest BCUT2D eigenvalue weighted by Crippen LogP contribution is 2.23. The fourth-order valence-corrected chi connectivity index (χ4v) is 2.55. The summed E-state index contributed by atoms with van der Waals surface area (Å²) < 4.78 is 10.6. The van der Waals surface area contributed by atoms with Gasteiger partial charge in [-0.25, -0.2) is 9.59 Å². The summed E-state index contributed by atoms with van der Waals surface area (Å²) in [5.74, 6) is -1.29. The third-order valence-corrected chi connectivity index (χ3v) is 3.56. The van der Waals surface area contributed by atoms with Gasteiger partial charge in [-0.2, -0.15) is 0 Å². The molecule has 0 aliphatic carbocycles. The van der Waals surface area contributed by atoms with Crippen molar-refractivity contribution in [2.24, 2.45) is 0 Å². The molecule has 126 valence electrons. The Morgan fingerprint density at radius 3 is 2.52 bits per heavy atom. The maximum Gasteiger partial charge on any atom is 0.411 e. The van der Waals surface area contributed by atoms with E-state index in [1.165, 1.54) is 0 Å². The third kappa shape index (κ3) is 4.20. The van der Waals surface area contributed by atoms with Gasteiger partial charge in [0.05, 0.1) is 12.6 Å². The van der Waals surface area contributed by atoms with Crippen LogP contribution in [0.4, 0.5) is 4.79 Å². The smallest absolute Gasteiger partial charge is 0.411 e. The largest absolute Gasteiger partial charge is 0.480 e. The minimum Gasteiger partial charge on any atom is -0.480 e. The Labute approximate surface area is 134 Å². The summed E-state index contributed by atoms with van der Waals surface area (Å²) >= 11 is 0. The monoisotopic (exact) mass is 323 g/mol. The lowest BCUT2D eigenvalue weighted by Crippen LogP contribution is -2.45. The molecule has 7 nitrogen and oxygen atoms in total. The lowest BCUT2D eigenvalue weighted by Gasteiger charge is -2.21. The Bertz CT molecular complexity index is 547. The van der Waals surface area contributed by atoms with Crippen molar-refractivity contribution in [3.63, 3.8) is 0 Å². The lowest BCUT2D eigenvalue weighted by atomic mass is 10.1.